The topological polar surface area (TPSA) is 47.6 Å². The van der Waals surface area contributed by atoms with Crippen LogP contribution in [0.2, 0.25) is 0 Å². The SMILES string of the molecule is CCCOc1ccc(CNC(C)=O)cc1OCC. The molecule has 18 heavy (non-hydrogen) atoms. The first-order chi connectivity index (χ1) is 8.67. The fourth-order valence-corrected chi connectivity index (χ4v) is 1.49. The average molecular weight is 251 g/mol. The summed E-state index contributed by atoms with van der Waals surface area (Å²) in [5.41, 5.74) is 0.998. The van der Waals surface area contributed by atoms with Gasteiger partial charge in [-0.05, 0) is 31.0 Å². The highest BCUT2D eigenvalue weighted by Gasteiger charge is 2.06. The van der Waals surface area contributed by atoms with Gasteiger partial charge in [0, 0.05) is 13.5 Å². The Morgan fingerprint density at radius 3 is 2.61 bits per heavy atom. The van der Waals surface area contributed by atoms with Crippen LogP contribution in [-0.2, 0) is 11.3 Å². The quantitative estimate of drug-likeness (QED) is 0.810. The molecular weight excluding hydrogens is 230 g/mol. The van der Waals surface area contributed by atoms with E-state index in [4.69, 9.17) is 9.47 Å². The summed E-state index contributed by atoms with van der Waals surface area (Å²) >= 11 is 0. The lowest BCUT2D eigenvalue weighted by Crippen LogP contribution is -2.18. The minimum absolute atomic E-state index is 0.0423. The maximum Gasteiger partial charge on any atom is 0.217 e. The molecule has 1 aromatic rings. The Morgan fingerprint density at radius 2 is 2.00 bits per heavy atom. The van der Waals surface area contributed by atoms with Gasteiger partial charge in [0.15, 0.2) is 11.5 Å². The zero-order valence-electron chi connectivity index (χ0n) is 11.3. The largest absolute Gasteiger partial charge is 0.490 e. The van der Waals surface area contributed by atoms with E-state index in [1.54, 1.807) is 0 Å². The van der Waals surface area contributed by atoms with Gasteiger partial charge in [-0.25, -0.2) is 0 Å². The Morgan fingerprint density at radius 1 is 1.22 bits per heavy atom. The molecule has 0 saturated carbocycles. The van der Waals surface area contributed by atoms with Crippen molar-refractivity contribution in [2.45, 2.75) is 33.7 Å². The predicted octanol–water partition coefficient (Wildman–Crippen LogP) is 2.51. The molecule has 0 unspecified atom stereocenters. The van der Waals surface area contributed by atoms with Crippen LogP contribution in [0.4, 0.5) is 0 Å². The van der Waals surface area contributed by atoms with Crippen LogP contribution in [-0.4, -0.2) is 19.1 Å². The molecule has 0 aliphatic rings. The molecule has 0 saturated heterocycles. The summed E-state index contributed by atoms with van der Waals surface area (Å²) in [4.78, 5) is 10.9. The minimum atomic E-state index is -0.0423. The number of benzene rings is 1. The molecule has 1 amide bonds. The van der Waals surface area contributed by atoms with Gasteiger partial charge < -0.3 is 14.8 Å². The molecule has 1 aromatic carbocycles. The Kier molecular flexibility index (Phi) is 6.05. The van der Waals surface area contributed by atoms with Gasteiger partial charge >= 0.3 is 0 Å². The Balaban J connectivity index is 2.77. The number of ether oxygens (including phenoxy) is 2. The fraction of sp³-hybridized carbons (Fsp3) is 0.500. The molecular formula is C14H21NO3. The molecule has 0 bridgehead atoms. The Labute approximate surface area is 108 Å². The third kappa shape index (κ3) is 4.65. The van der Waals surface area contributed by atoms with Crippen molar-refractivity contribution in [2.75, 3.05) is 13.2 Å². The normalized spacial score (nSPS) is 9.94. The van der Waals surface area contributed by atoms with Gasteiger partial charge in [0.05, 0.1) is 13.2 Å². The first kappa shape index (κ1) is 14.4. The van der Waals surface area contributed by atoms with Crippen molar-refractivity contribution in [3.05, 3.63) is 23.8 Å². The van der Waals surface area contributed by atoms with Crippen LogP contribution >= 0.6 is 0 Å². The second-order valence-corrected chi connectivity index (χ2v) is 3.97. The van der Waals surface area contributed by atoms with Crippen LogP contribution in [0.5, 0.6) is 11.5 Å². The highest BCUT2D eigenvalue weighted by atomic mass is 16.5. The third-order valence-corrected chi connectivity index (χ3v) is 2.31. The van der Waals surface area contributed by atoms with Crippen LogP contribution in [0.15, 0.2) is 18.2 Å². The lowest BCUT2D eigenvalue weighted by molar-refractivity contribution is -0.119. The highest BCUT2D eigenvalue weighted by molar-refractivity contribution is 5.72. The number of carbonyl (C=O) groups excluding carboxylic acids is 1. The number of hydrogen-bond donors (Lipinski definition) is 1. The summed E-state index contributed by atoms with van der Waals surface area (Å²) in [7, 11) is 0. The third-order valence-electron chi connectivity index (χ3n) is 2.31. The molecule has 4 nitrogen and oxygen atoms in total. The summed E-state index contributed by atoms with van der Waals surface area (Å²) in [6.07, 6.45) is 0.958. The van der Waals surface area contributed by atoms with Gasteiger partial charge in [0.25, 0.3) is 0 Å². The van der Waals surface area contributed by atoms with Crippen LogP contribution in [0.25, 0.3) is 0 Å². The molecule has 0 aromatic heterocycles. The molecule has 0 atom stereocenters. The average Bonchev–Trinajstić information content (AvgIpc) is 2.35. The maximum atomic E-state index is 10.9. The number of hydrogen-bond acceptors (Lipinski definition) is 3. The summed E-state index contributed by atoms with van der Waals surface area (Å²) in [5, 5.41) is 2.76. The van der Waals surface area contributed by atoms with Crippen molar-refractivity contribution in [3.63, 3.8) is 0 Å². The first-order valence-electron chi connectivity index (χ1n) is 6.30. The van der Waals surface area contributed by atoms with Crippen LogP contribution < -0.4 is 14.8 Å². The summed E-state index contributed by atoms with van der Waals surface area (Å²) in [6, 6.07) is 5.73. The molecule has 0 aliphatic heterocycles. The second kappa shape index (κ2) is 7.58. The van der Waals surface area contributed by atoms with Gasteiger partial charge in [-0.3, -0.25) is 4.79 Å². The van der Waals surface area contributed by atoms with Crippen LogP contribution in [0.1, 0.15) is 32.8 Å². The van der Waals surface area contributed by atoms with Gasteiger partial charge in [-0.2, -0.15) is 0 Å². The molecule has 1 N–H and O–H groups in total. The standard InChI is InChI=1S/C14H21NO3/c1-4-8-18-13-7-6-12(10-15-11(3)16)9-14(13)17-5-2/h6-7,9H,4-5,8,10H2,1-3H3,(H,15,16). The Hall–Kier alpha value is -1.71. The number of amides is 1. The van der Waals surface area contributed by atoms with E-state index in [1.807, 2.05) is 25.1 Å². The molecule has 4 heteroatoms. The lowest BCUT2D eigenvalue weighted by Gasteiger charge is -2.13. The van der Waals surface area contributed by atoms with Crippen LogP contribution in [0, 0.1) is 0 Å². The van der Waals surface area contributed by atoms with Gasteiger partial charge in [0.2, 0.25) is 5.91 Å². The summed E-state index contributed by atoms with van der Waals surface area (Å²) in [5.74, 6) is 1.44. The van der Waals surface area contributed by atoms with E-state index in [1.165, 1.54) is 6.92 Å². The molecule has 0 heterocycles. The minimum Gasteiger partial charge on any atom is -0.490 e. The van der Waals surface area contributed by atoms with Crippen molar-refractivity contribution < 1.29 is 14.3 Å². The molecule has 0 radical (unpaired) electrons. The van der Waals surface area contributed by atoms with Crippen molar-refractivity contribution in [1.29, 1.82) is 0 Å². The summed E-state index contributed by atoms with van der Waals surface area (Å²) < 4.78 is 11.2. The van der Waals surface area contributed by atoms with E-state index in [0.717, 1.165) is 23.5 Å². The monoisotopic (exact) mass is 251 g/mol. The van der Waals surface area contributed by atoms with Gasteiger partial charge in [0.1, 0.15) is 0 Å². The highest BCUT2D eigenvalue weighted by Crippen LogP contribution is 2.28. The smallest absolute Gasteiger partial charge is 0.217 e. The van der Waals surface area contributed by atoms with E-state index in [2.05, 4.69) is 12.2 Å². The van der Waals surface area contributed by atoms with E-state index in [-0.39, 0.29) is 5.91 Å². The fourth-order valence-electron chi connectivity index (χ4n) is 1.49. The van der Waals surface area contributed by atoms with Crippen molar-refractivity contribution >= 4 is 5.91 Å². The second-order valence-electron chi connectivity index (χ2n) is 3.97. The maximum absolute atomic E-state index is 10.9. The van der Waals surface area contributed by atoms with Crippen LogP contribution in [0.3, 0.4) is 0 Å². The van der Waals surface area contributed by atoms with E-state index < -0.39 is 0 Å². The van der Waals surface area contributed by atoms with Crippen molar-refractivity contribution in [2.24, 2.45) is 0 Å². The zero-order chi connectivity index (χ0) is 13.4. The van der Waals surface area contributed by atoms with Crippen molar-refractivity contribution in [1.82, 2.24) is 5.32 Å². The van der Waals surface area contributed by atoms with E-state index in [0.29, 0.717) is 19.8 Å². The van der Waals surface area contributed by atoms with Crippen molar-refractivity contribution in [3.8, 4) is 11.5 Å². The molecule has 0 aliphatic carbocycles. The molecule has 100 valence electrons. The Bertz CT molecular complexity index is 391. The van der Waals surface area contributed by atoms with E-state index >= 15 is 0 Å². The van der Waals surface area contributed by atoms with Gasteiger partial charge in [-0.1, -0.05) is 13.0 Å². The summed E-state index contributed by atoms with van der Waals surface area (Å²) in [6.45, 7) is 7.26. The van der Waals surface area contributed by atoms with Gasteiger partial charge in [-0.15, -0.1) is 0 Å². The zero-order valence-corrected chi connectivity index (χ0v) is 11.3. The number of rotatable bonds is 7. The predicted molar refractivity (Wildman–Crippen MR) is 70.9 cm³/mol. The molecule has 0 spiro atoms. The lowest BCUT2D eigenvalue weighted by atomic mass is 10.2. The van der Waals surface area contributed by atoms with E-state index in [9.17, 15) is 4.79 Å². The number of carbonyl (C=O) groups is 1. The molecule has 1 rings (SSSR count). The first-order valence-corrected chi connectivity index (χ1v) is 6.30. The number of nitrogens with one attached hydrogen (secondary N) is 1. The molecule has 0 fully saturated rings.